The number of hydrogen-bond acceptors (Lipinski definition) is 4. The average molecular weight is 180 g/mol. The molecule has 0 saturated heterocycles. The van der Waals surface area contributed by atoms with E-state index in [1.807, 2.05) is 13.8 Å². The summed E-state index contributed by atoms with van der Waals surface area (Å²) >= 11 is 0. The van der Waals surface area contributed by atoms with Crippen molar-refractivity contribution >= 4 is 9.84 Å². The Labute approximate surface area is 68.3 Å². The molecule has 0 aliphatic heterocycles. The molecule has 4 nitrogen and oxygen atoms in total. The molecule has 0 amide bonds. The van der Waals surface area contributed by atoms with Crippen molar-refractivity contribution in [1.29, 1.82) is 0 Å². The summed E-state index contributed by atoms with van der Waals surface area (Å²) in [4.78, 5) is 0. The van der Waals surface area contributed by atoms with Crippen LogP contribution in [-0.2, 0) is 9.84 Å². The second-order valence-electron chi connectivity index (χ2n) is 2.86. The van der Waals surface area contributed by atoms with Gasteiger partial charge in [-0.1, -0.05) is 0 Å². The van der Waals surface area contributed by atoms with Crippen molar-refractivity contribution < 1.29 is 8.42 Å². The maximum absolute atomic E-state index is 10.6. The first-order valence-electron chi connectivity index (χ1n) is 3.53. The van der Waals surface area contributed by atoms with Crippen LogP contribution in [0.4, 0.5) is 0 Å². The van der Waals surface area contributed by atoms with E-state index in [4.69, 9.17) is 0 Å². The van der Waals surface area contributed by atoms with Gasteiger partial charge in [-0.25, -0.2) is 8.42 Å². The zero-order valence-corrected chi connectivity index (χ0v) is 8.03. The Kier molecular flexibility index (Phi) is 4.63. The van der Waals surface area contributed by atoms with Gasteiger partial charge in [0.25, 0.3) is 0 Å². The molecule has 0 rings (SSSR count). The van der Waals surface area contributed by atoms with Crippen LogP contribution in [0, 0.1) is 0 Å². The Bertz CT molecular complexity index is 187. The predicted octanol–water partition coefficient (Wildman–Crippen LogP) is -0.466. The van der Waals surface area contributed by atoms with Crippen LogP contribution in [0.15, 0.2) is 0 Å². The third-order valence-electron chi connectivity index (χ3n) is 1.000. The highest BCUT2D eigenvalue weighted by Crippen LogP contribution is 1.76. The van der Waals surface area contributed by atoms with Crippen LogP contribution in [0.2, 0.25) is 0 Å². The second kappa shape index (κ2) is 4.69. The lowest BCUT2D eigenvalue weighted by atomic mass is 10.4. The minimum absolute atomic E-state index is 0.0344. The van der Waals surface area contributed by atoms with Crippen LogP contribution in [0.25, 0.3) is 0 Å². The standard InChI is InChI=1S/C6H16N2O2S/c1-6(2)8-4-7-5-11(3,9)10/h6-8H,4-5H2,1-3H3. The molecular weight excluding hydrogens is 164 g/mol. The van der Waals surface area contributed by atoms with Crippen molar-refractivity contribution in [3.8, 4) is 0 Å². The van der Waals surface area contributed by atoms with E-state index >= 15 is 0 Å². The number of sulfone groups is 1. The van der Waals surface area contributed by atoms with Gasteiger partial charge in [-0.05, 0) is 13.8 Å². The lowest BCUT2D eigenvalue weighted by Gasteiger charge is -2.07. The molecule has 0 fully saturated rings. The van der Waals surface area contributed by atoms with Crippen molar-refractivity contribution in [2.24, 2.45) is 0 Å². The van der Waals surface area contributed by atoms with Crippen LogP contribution < -0.4 is 10.6 Å². The topological polar surface area (TPSA) is 58.2 Å². The van der Waals surface area contributed by atoms with Gasteiger partial charge in [0.1, 0.15) is 0 Å². The summed E-state index contributed by atoms with van der Waals surface area (Å²) in [5.74, 6) is 0.0344. The number of rotatable bonds is 5. The van der Waals surface area contributed by atoms with Gasteiger partial charge in [0.05, 0.1) is 5.88 Å². The Morgan fingerprint density at radius 2 is 1.91 bits per heavy atom. The highest BCUT2D eigenvalue weighted by molar-refractivity contribution is 7.90. The molecule has 0 aliphatic rings. The van der Waals surface area contributed by atoms with E-state index in [9.17, 15) is 8.42 Å². The summed E-state index contributed by atoms with van der Waals surface area (Å²) in [5, 5.41) is 5.80. The van der Waals surface area contributed by atoms with Gasteiger partial charge < -0.3 is 5.32 Å². The molecule has 0 aromatic carbocycles. The van der Waals surface area contributed by atoms with Crippen molar-refractivity contribution in [2.75, 3.05) is 18.8 Å². The van der Waals surface area contributed by atoms with Crippen molar-refractivity contribution in [3.05, 3.63) is 0 Å². The monoisotopic (exact) mass is 180 g/mol. The fraction of sp³-hybridized carbons (Fsp3) is 1.00. The third kappa shape index (κ3) is 9.87. The fourth-order valence-electron chi connectivity index (χ4n) is 0.513. The van der Waals surface area contributed by atoms with E-state index < -0.39 is 9.84 Å². The zero-order chi connectivity index (χ0) is 8.91. The smallest absolute Gasteiger partial charge is 0.160 e. The Balaban J connectivity index is 3.30. The van der Waals surface area contributed by atoms with Crippen molar-refractivity contribution in [3.63, 3.8) is 0 Å². The number of nitrogens with one attached hydrogen (secondary N) is 2. The SMILES string of the molecule is CC(C)NCNCS(C)(=O)=O. The molecule has 0 bridgehead atoms. The molecule has 0 unspecified atom stereocenters. The first kappa shape index (κ1) is 10.9. The molecule has 0 aromatic rings. The van der Waals surface area contributed by atoms with Crippen LogP contribution in [0.3, 0.4) is 0 Å². The highest BCUT2D eigenvalue weighted by atomic mass is 32.2. The molecule has 0 heterocycles. The maximum Gasteiger partial charge on any atom is 0.160 e. The summed E-state index contributed by atoms with van der Waals surface area (Å²) in [5.41, 5.74) is 0. The lowest BCUT2D eigenvalue weighted by Crippen LogP contribution is -2.36. The van der Waals surface area contributed by atoms with E-state index in [1.165, 1.54) is 6.26 Å². The van der Waals surface area contributed by atoms with E-state index in [0.717, 1.165) is 0 Å². The maximum atomic E-state index is 10.6. The number of hydrogen-bond donors (Lipinski definition) is 2. The van der Waals surface area contributed by atoms with E-state index in [0.29, 0.717) is 12.7 Å². The van der Waals surface area contributed by atoms with Crippen LogP contribution >= 0.6 is 0 Å². The minimum atomic E-state index is -2.87. The van der Waals surface area contributed by atoms with Crippen molar-refractivity contribution in [1.82, 2.24) is 10.6 Å². The van der Waals surface area contributed by atoms with Crippen LogP contribution in [0.1, 0.15) is 13.8 Å². The van der Waals surface area contributed by atoms with E-state index in [2.05, 4.69) is 10.6 Å². The average Bonchev–Trinajstić information content (AvgIpc) is 1.78. The molecule has 0 spiro atoms. The summed E-state index contributed by atoms with van der Waals surface area (Å²) in [7, 11) is -2.87. The zero-order valence-electron chi connectivity index (χ0n) is 7.22. The minimum Gasteiger partial charge on any atom is -0.302 e. The third-order valence-corrected chi connectivity index (χ3v) is 1.73. The van der Waals surface area contributed by atoms with Gasteiger partial charge in [0.15, 0.2) is 9.84 Å². The van der Waals surface area contributed by atoms with Crippen LogP contribution in [-0.4, -0.2) is 33.3 Å². The quantitative estimate of drug-likeness (QED) is 0.444. The Morgan fingerprint density at radius 1 is 1.36 bits per heavy atom. The fourth-order valence-corrected chi connectivity index (χ4v) is 0.986. The Hall–Kier alpha value is -0.130. The summed E-state index contributed by atoms with van der Waals surface area (Å²) in [6.45, 7) is 4.54. The lowest BCUT2D eigenvalue weighted by molar-refractivity contribution is 0.539. The van der Waals surface area contributed by atoms with Gasteiger partial charge >= 0.3 is 0 Å². The molecule has 0 radical (unpaired) electrons. The van der Waals surface area contributed by atoms with E-state index in [-0.39, 0.29) is 5.88 Å². The first-order chi connectivity index (χ1) is 4.92. The first-order valence-corrected chi connectivity index (χ1v) is 5.59. The molecule has 5 heteroatoms. The molecule has 11 heavy (non-hydrogen) atoms. The molecule has 0 saturated carbocycles. The highest BCUT2D eigenvalue weighted by Gasteiger charge is 1.99. The molecule has 0 aromatic heterocycles. The Morgan fingerprint density at radius 3 is 2.27 bits per heavy atom. The molecule has 2 N–H and O–H groups in total. The molecule has 0 atom stereocenters. The summed E-state index contributed by atoms with van der Waals surface area (Å²) in [6.07, 6.45) is 1.20. The molecule has 68 valence electrons. The van der Waals surface area contributed by atoms with Crippen LogP contribution in [0.5, 0.6) is 0 Å². The van der Waals surface area contributed by atoms with Crippen molar-refractivity contribution in [2.45, 2.75) is 19.9 Å². The van der Waals surface area contributed by atoms with Gasteiger partial charge in [0, 0.05) is 19.0 Å². The van der Waals surface area contributed by atoms with E-state index in [1.54, 1.807) is 0 Å². The largest absolute Gasteiger partial charge is 0.302 e. The predicted molar refractivity (Wildman–Crippen MR) is 46.0 cm³/mol. The second-order valence-corrected chi connectivity index (χ2v) is 5.00. The summed E-state index contributed by atoms with van der Waals surface area (Å²) in [6, 6.07) is 0.377. The normalized spacial score (nSPS) is 12.4. The van der Waals surface area contributed by atoms with Gasteiger partial charge in [-0.2, -0.15) is 0 Å². The molecular formula is C6H16N2O2S. The summed E-state index contributed by atoms with van der Waals surface area (Å²) < 4.78 is 21.2. The van der Waals surface area contributed by atoms with Gasteiger partial charge in [-0.3, -0.25) is 5.32 Å². The van der Waals surface area contributed by atoms with Gasteiger partial charge in [0.2, 0.25) is 0 Å². The van der Waals surface area contributed by atoms with Gasteiger partial charge in [-0.15, -0.1) is 0 Å². The molecule has 0 aliphatic carbocycles.